The third-order valence-corrected chi connectivity index (χ3v) is 5.84. The van der Waals surface area contributed by atoms with Gasteiger partial charge in [0.05, 0.1) is 17.2 Å². The molecule has 1 amide bonds. The average molecular weight is 418 g/mol. The quantitative estimate of drug-likeness (QED) is 0.357. The molecule has 0 aromatic carbocycles. The minimum Gasteiger partial charge on any atom is -0.462 e. The van der Waals surface area contributed by atoms with Crippen molar-refractivity contribution >= 4 is 29.3 Å². The highest BCUT2D eigenvalue weighted by Gasteiger charge is 2.22. The summed E-state index contributed by atoms with van der Waals surface area (Å²) in [6, 6.07) is 0. The van der Waals surface area contributed by atoms with Crippen LogP contribution in [0.5, 0.6) is 0 Å². The Morgan fingerprint density at radius 2 is 1.97 bits per heavy atom. The van der Waals surface area contributed by atoms with Crippen LogP contribution in [0.25, 0.3) is 6.08 Å². The summed E-state index contributed by atoms with van der Waals surface area (Å²) in [5, 5.41) is 6.11. The zero-order chi connectivity index (χ0) is 21.4. The molecule has 7 heteroatoms. The molecule has 1 N–H and O–H groups in total. The van der Waals surface area contributed by atoms with Crippen LogP contribution in [-0.4, -0.2) is 34.6 Å². The van der Waals surface area contributed by atoms with Crippen LogP contribution in [0, 0.1) is 20.8 Å². The summed E-state index contributed by atoms with van der Waals surface area (Å²) in [6.45, 7) is 11.4. The van der Waals surface area contributed by atoms with Gasteiger partial charge in [0, 0.05) is 47.2 Å². The summed E-state index contributed by atoms with van der Waals surface area (Å²) < 4.78 is 7.27. The summed E-state index contributed by atoms with van der Waals surface area (Å²) in [5.74, 6) is -0.510. The number of nitrogens with zero attached hydrogens (tertiary/aromatic N) is 2. The van der Waals surface area contributed by atoms with Crippen molar-refractivity contribution in [1.82, 2.24) is 14.9 Å². The monoisotopic (exact) mass is 417 g/mol. The third kappa shape index (κ3) is 6.03. The van der Waals surface area contributed by atoms with Gasteiger partial charge in [-0.3, -0.25) is 4.79 Å². The number of carbonyl (C=O) groups excluding carboxylic acids is 2. The summed E-state index contributed by atoms with van der Waals surface area (Å²) in [4.78, 5) is 29.0. The van der Waals surface area contributed by atoms with E-state index in [1.807, 2.05) is 27.7 Å². The van der Waals surface area contributed by atoms with Crippen molar-refractivity contribution in [1.29, 1.82) is 0 Å². The van der Waals surface area contributed by atoms with Crippen molar-refractivity contribution in [3.8, 4) is 0 Å². The van der Waals surface area contributed by atoms with Gasteiger partial charge < -0.3 is 14.6 Å². The molecule has 0 bridgehead atoms. The Balaban J connectivity index is 1.94. The van der Waals surface area contributed by atoms with Gasteiger partial charge in [0.1, 0.15) is 0 Å². The van der Waals surface area contributed by atoms with Crippen molar-refractivity contribution in [3.63, 3.8) is 0 Å². The zero-order valence-corrected chi connectivity index (χ0v) is 18.8. The molecule has 0 saturated heterocycles. The molecule has 6 nitrogen and oxygen atoms in total. The first-order chi connectivity index (χ1) is 13.9. The number of rotatable bonds is 10. The number of aromatic nitrogens is 2. The molecule has 2 aromatic rings. The lowest BCUT2D eigenvalue weighted by molar-refractivity contribution is -0.116. The van der Waals surface area contributed by atoms with Crippen LogP contribution >= 0.6 is 11.3 Å². The average Bonchev–Trinajstić information content (AvgIpc) is 3.20. The SMILES string of the molecule is CCOC(=O)c1c(/C=C/C(=O)NCCCCc2nc(C)cs2)c(C)n(CC)c1C. The van der Waals surface area contributed by atoms with Crippen molar-refractivity contribution in [2.45, 2.75) is 60.4 Å². The molecular formula is C22H31N3O3S. The van der Waals surface area contributed by atoms with E-state index >= 15 is 0 Å². The third-order valence-electron chi connectivity index (χ3n) is 4.81. The summed E-state index contributed by atoms with van der Waals surface area (Å²) >= 11 is 1.68. The topological polar surface area (TPSA) is 73.2 Å². The van der Waals surface area contributed by atoms with Crippen LogP contribution < -0.4 is 5.32 Å². The maximum Gasteiger partial charge on any atom is 0.340 e. The molecule has 0 radical (unpaired) electrons. The van der Waals surface area contributed by atoms with Crippen LogP contribution in [-0.2, 0) is 22.5 Å². The van der Waals surface area contributed by atoms with E-state index in [1.54, 1.807) is 24.3 Å². The largest absolute Gasteiger partial charge is 0.462 e. The lowest BCUT2D eigenvalue weighted by atomic mass is 10.1. The van der Waals surface area contributed by atoms with Crippen LogP contribution in [0.2, 0.25) is 0 Å². The second-order valence-electron chi connectivity index (χ2n) is 6.89. The first kappa shape index (κ1) is 22.9. The Labute approximate surface area is 177 Å². The Kier molecular flexibility index (Phi) is 8.64. The maximum atomic E-state index is 12.4. The van der Waals surface area contributed by atoms with E-state index in [9.17, 15) is 9.59 Å². The van der Waals surface area contributed by atoms with E-state index in [-0.39, 0.29) is 11.9 Å². The van der Waals surface area contributed by atoms with Gasteiger partial charge in [0.2, 0.25) is 5.91 Å². The van der Waals surface area contributed by atoms with Gasteiger partial charge >= 0.3 is 5.97 Å². The van der Waals surface area contributed by atoms with Crippen LogP contribution in [0.4, 0.5) is 0 Å². The van der Waals surface area contributed by atoms with Crippen molar-refractivity contribution in [2.24, 2.45) is 0 Å². The number of carbonyl (C=O) groups is 2. The fourth-order valence-electron chi connectivity index (χ4n) is 3.40. The predicted octanol–water partition coefficient (Wildman–Crippen LogP) is 4.22. The fourth-order valence-corrected chi connectivity index (χ4v) is 4.21. The smallest absolute Gasteiger partial charge is 0.340 e. The number of unbranched alkanes of at least 4 members (excludes halogenated alkanes) is 1. The standard InChI is InChI=1S/C22H31N3O3S/c1-6-25-16(4)18(21(17(25)5)22(27)28-7-2)11-12-19(26)23-13-9-8-10-20-24-15(3)14-29-20/h11-12,14H,6-10,13H2,1-5H3,(H,23,26)/b12-11+. The number of thiazole rings is 1. The number of esters is 1. The first-order valence-electron chi connectivity index (χ1n) is 10.1. The molecule has 0 aliphatic carbocycles. The van der Waals surface area contributed by atoms with E-state index in [0.29, 0.717) is 18.7 Å². The van der Waals surface area contributed by atoms with Crippen LogP contribution in [0.3, 0.4) is 0 Å². The van der Waals surface area contributed by atoms with Gasteiger partial charge in [-0.05, 0) is 60.0 Å². The number of hydrogen-bond acceptors (Lipinski definition) is 5. The van der Waals surface area contributed by atoms with Gasteiger partial charge in [0.25, 0.3) is 0 Å². The molecule has 29 heavy (non-hydrogen) atoms. The molecule has 2 rings (SSSR count). The predicted molar refractivity (Wildman–Crippen MR) is 117 cm³/mol. The van der Waals surface area contributed by atoms with Crippen LogP contribution in [0.15, 0.2) is 11.5 Å². The van der Waals surface area contributed by atoms with Gasteiger partial charge in [-0.25, -0.2) is 9.78 Å². The van der Waals surface area contributed by atoms with E-state index in [2.05, 4.69) is 20.2 Å². The van der Waals surface area contributed by atoms with Crippen molar-refractivity contribution < 1.29 is 14.3 Å². The minimum absolute atomic E-state index is 0.161. The highest BCUT2D eigenvalue weighted by Crippen LogP contribution is 2.25. The van der Waals surface area contributed by atoms with E-state index in [0.717, 1.165) is 53.5 Å². The summed E-state index contributed by atoms with van der Waals surface area (Å²) in [5.41, 5.74) is 4.16. The van der Waals surface area contributed by atoms with Gasteiger partial charge in [-0.2, -0.15) is 0 Å². The fraction of sp³-hybridized carbons (Fsp3) is 0.500. The Hall–Kier alpha value is -2.41. The highest BCUT2D eigenvalue weighted by molar-refractivity contribution is 7.09. The number of nitrogens with one attached hydrogen (secondary N) is 1. The highest BCUT2D eigenvalue weighted by atomic mass is 32.1. The lowest BCUT2D eigenvalue weighted by Crippen LogP contribution is -2.22. The molecule has 0 unspecified atom stereocenters. The van der Waals surface area contributed by atoms with E-state index < -0.39 is 0 Å². The second-order valence-corrected chi connectivity index (χ2v) is 7.83. The molecule has 2 heterocycles. The number of amides is 1. The van der Waals surface area contributed by atoms with Crippen molar-refractivity contribution in [3.05, 3.63) is 44.7 Å². The zero-order valence-electron chi connectivity index (χ0n) is 18.0. The molecule has 158 valence electrons. The normalized spacial score (nSPS) is 11.2. The second kappa shape index (κ2) is 11.0. The molecule has 0 atom stereocenters. The van der Waals surface area contributed by atoms with Gasteiger partial charge in [-0.15, -0.1) is 11.3 Å². The van der Waals surface area contributed by atoms with E-state index in [4.69, 9.17) is 4.74 Å². The van der Waals surface area contributed by atoms with Gasteiger partial charge in [-0.1, -0.05) is 0 Å². The van der Waals surface area contributed by atoms with Crippen molar-refractivity contribution in [2.75, 3.05) is 13.2 Å². The minimum atomic E-state index is -0.349. The maximum absolute atomic E-state index is 12.4. The van der Waals surface area contributed by atoms with Crippen LogP contribution in [0.1, 0.15) is 64.7 Å². The van der Waals surface area contributed by atoms with E-state index in [1.165, 1.54) is 6.08 Å². The Bertz CT molecular complexity index is 880. The molecule has 0 saturated carbocycles. The summed E-state index contributed by atoms with van der Waals surface area (Å²) in [6.07, 6.45) is 6.04. The molecule has 0 fully saturated rings. The molecular weight excluding hydrogens is 386 g/mol. The first-order valence-corrected chi connectivity index (χ1v) is 11.0. The summed E-state index contributed by atoms with van der Waals surface area (Å²) in [7, 11) is 0. The molecule has 0 aliphatic rings. The number of hydrogen-bond donors (Lipinski definition) is 1. The van der Waals surface area contributed by atoms with Gasteiger partial charge in [0.15, 0.2) is 0 Å². The molecule has 0 spiro atoms. The Morgan fingerprint density at radius 1 is 1.21 bits per heavy atom. The lowest BCUT2D eigenvalue weighted by Gasteiger charge is -2.05. The molecule has 0 aliphatic heterocycles. The number of aryl methyl sites for hydroxylation is 2. The number of ether oxygens (including phenoxy) is 1. The molecule has 2 aromatic heterocycles. The Morgan fingerprint density at radius 3 is 2.59 bits per heavy atom.